The Bertz CT molecular complexity index is 2810. The van der Waals surface area contributed by atoms with Gasteiger partial charge in [0.05, 0.1) is 22.1 Å². The van der Waals surface area contributed by atoms with Crippen molar-refractivity contribution in [2.45, 2.75) is 12.7 Å². The molecular weight excluding hydrogens is 623 g/mol. The van der Waals surface area contributed by atoms with Crippen LogP contribution in [0, 0.1) is 0 Å². The fourth-order valence-electron chi connectivity index (χ4n) is 7.87. The predicted octanol–water partition coefficient (Wildman–Crippen LogP) is 10.7. The van der Waals surface area contributed by atoms with Crippen LogP contribution in [0.3, 0.4) is 0 Å². The third-order valence-electron chi connectivity index (χ3n) is 10.1. The van der Waals surface area contributed by atoms with E-state index in [0.717, 1.165) is 45.1 Å². The van der Waals surface area contributed by atoms with Crippen LogP contribution in [0.4, 0.5) is 0 Å². The molecule has 1 unspecified atom stereocenters. The largest absolute Gasteiger partial charge is 0.324 e. The van der Waals surface area contributed by atoms with Gasteiger partial charge in [-0.25, -0.2) is 9.98 Å². The predicted molar refractivity (Wildman–Crippen MR) is 212 cm³/mol. The van der Waals surface area contributed by atoms with E-state index in [1.165, 1.54) is 38.1 Å². The van der Waals surface area contributed by atoms with Crippen molar-refractivity contribution in [3.63, 3.8) is 0 Å². The molecule has 0 saturated carbocycles. The standard InChI is InChI=1S/C46H33N5/c1-46(48-44(33-17-7-3-8-18-33)47-45(49-46)34-27-25-32(26-28-34)31-15-5-2-6-16-31)51-39-24-14-12-22-37(39)43-41(51)30-29-40-42(43)36-21-11-13-23-38(36)50(40)35-19-9-4-10-20-35/h2-30H,1H3,(H,47,48,49). The Balaban J connectivity index is 1.24. The van der Waals surface area contributed by atoms with Crippen molar-refractivity contribution in [2.75, 3.05) is 0 Å². The molecule has 0 amide bonds. The van der Waals surface area contributed by atoms with Crippen LogP contribution in [0.1, 0.15) is 18.1 Å². The SMILES string of the molecule is CC1(n2c3ccccc3c3c4c5ccccc5n(-c5ccccc5)c4ccc32)N=C(c2ccccc2)NC(c2ccc(-c3ccccc3)cc2)=N1. The van der Waals surface area contributed by atoms with Gasteiger partial charge in [0.15, 0.2) is 0 Å². The zero-order valence-corrected chi connectivity index (χ0v) is 28.0. The molecule has 0 aliphatic carbocycles. The van der Waals surface area contributed by atoms with Gasteiger partial charge in [-0.2, -0.15) is 0 Å². The van der Waals surface area contributed by atoms with E-state index in [9.17, 15) is 0 Å². The van der Waals surface area contributed by atoms with E-state index in [1.54, 1.807) is 0 Å². The molecule has 5 nitrogen and oxygen atoms in total. The van der Waals surface area contributed by atoms with Gasteiger partial charge < -0.3 is 9.88 Å². The first-order valence-electron chi connectivity index (χ1n) is 17.4. The monoisotopic (exact) mass is 655 g/mol. The Labute approximate surface area is 295 Å². The summed E-state index contributed by atoms with van der Waals surface area (Å²) in [6.07, 6.45) is 0. The first-order valence-corrected chi connectivity index (χ1v) is 17.4. The van der Waals surface area contributed by atoms with E-state index in [1.807, 2.05) is 12.1 Å². The van der Waals surface area contributed by atoms with E-state index < -0.39 is 5.79 Å². The zero-order valence-electron chi connectivity index (χ0n) is 28.0. The number of aliphatic imine (C=N–C) groups is 2. The molecule has 242 valence electrons. The molecule has 0 fully saturated rings. The minimum atomic E-state index is -1.00. The molecule has 1 aliphatic heterocycles. The van der Waals surface area contributed by atoms with Gasteiger partial charge in [0.2, 0.25) is 5.79 Å². The van der Waals surface area contributed by atoms with Crippen LogP contribution in [-0.4, -0.2) is 20.8 Å². The number of nitrogens with one attached hydrogen (secondary N) is 1. The molecule has 0 radical (unpaired) electrons. The molecular formula is C46H33N5. The molecule has 0 spiro atoms. The Morgan fingerprint density at radius 1 is 0.412 bits per heavy atom. The van der Waals surface area contributed by atoms with Crippen LogP contribution < -0.4 is 5.32 Å². The number of fused-ring (bicyclic) bond motifs is 7. The maximum Gasteiger partial charge on any atom is 0.232 e. The molecule has 1 N–H and O–H groups in total. The summed E-state index contributed by atoms with van der Waals surface area (Å²) in [6, 6.07) is 62.0. The highest BCUT2D eigenvalue weighted by Crippen LogP contribution is 2.44. The number of para-hydroxylation sites is 3. The normalized spacial score (nSPS) is 16.0. The van der Waals surface area contributed by atoms with E-state index in [-0.39, 0.29) is 0 Å². The summed E-state index contributed by atoms with van der Waals surface area (Å²) in [4.78, 5) is 10.9. The number of amidine groups is 2. The maximum atomic E-state index is 5.48. The molecule has 10 rings (SSSR count). The summed E-state index contributed by atoms with van der Waals surface area (Å²) < 4.78 is 4.71. The molecule has 5 heteroatoms. The molecule has 3 heterocycles. The second kappa shape index (κ2) is 11.4. The van der Waals surface area contributed by atoms with Crippen LogP contribution in [0.25, 0.3) is 60.4 Å². The first-order chi connectivity index (χ1) is 25.2. The smallest absolute Gasteiger partial charge is 0.232 e. The Hall–Kier alpha value is -6.72. The van der Waals surface area contributed by atoms with Crippen LogP contribution in [-0.2, 0) is 5.79 Å². The highest BCUT2D eigenvalue weighted by Gasteiger charge is 2.35. The van der Waals surface area contributed by atoms with Gasteiger partial charge in [0.25, 0.3) is 0 Å². The van der Waals surface area contributed by atoms with Crippen molar-refractivity contribution in [1.29, 1.82) is 0 Å². The number of hydrogen-bond donors (Lipinski definition) is 1. The molecule has 0 saturated heterocycles. The lowest BCUT2D eigenvalue weighted by atomic mass is 10.0. The molecule has 1 atom stereocenters. The fourth-order valence-corrected chi connectivity index (χ4v) is 7.87. The molecule has 1 aliphatic rings. The van der Waals surface area contributed by atoms with Gasteiger partial charge in [-0.1, -0.05) is 140 Å². The van der Waals surface area contributed by atoms with Crippen molar-refractivity contribution in [3.8, 4) is 16.8 Å². The van der Waals surface area contributed by atoms with Crippen molar-refractivity contribution in [3.05, 3.63) is 187 Å². The molecule has 7 aromatic carbocycles. The van der Waals surface area contributed by atoms with Gasteiger partial charge in [-0.05, 0) is 47.5 Å². The average molecular weight is 656 g/mol. The highest BCUT2D eigenvalue weighted by atomic mass is 15.4. The second-order valence-corrected chi connectivity index (χ2v) is 13.2. The van der Waals surface area contributed by atoms with E-state index in [2.05, 4.69) is 185 Å². The van der Waals surface area contributed by atoms with Crippen molar-refractivity contribution in [1.82, 2.24) is 14.5 Å². The number of rotatable bonds is 5. The zero-order chi connectivity index (χ0) is 33.9. The third kappa shape index (κ3) is 4.62. The molecule has 2 aromatic heterocycles. The third-order valence-corrected chi connectivity index (χ3v) is 10.1. The van der Waals surface area contributed by atoms with Crippen molar-refractivity contribution < 1.29 is 0 Å². The van der Waals surface area contributed by atoms with Gasteiger partial charge in [0, 0.05) is 45.3 Å². The molecule has 0 bridgehead atoms. The van der Waals surface area contributed by atoms with E-state index in [0.29, 0.717) is 0 Å². The van der Waals surface area contributed by atoms with Crippen LogP contribution in [0.15, 0.2) is 186 Å². The average Bonchev–Trinajstić information content (AvgIpc) is 3.72. The quantitative estimate of drug-likeness (QED) is 0.197. The Morgan fingerprint density at radius 2 is 0.863 bits per heavy atom. The number of nitrogens with zero attached hydrogens (tertiary/aromatic N) is 4. The summed E-state index contributed by atoms with van der Waals surface area (Å²) in [5.41, 5.74) is 10.0. The number of benzene rings is 7. The van der Waals surface area contributed by atoms with Gasteiger partial charge >= 0.3 is 0 Å². The molecule has 51 heavy (non-hydrogen) atoms. The topological polar surface area (TPSA) is 46.6 Å². The highest BCUT2D eigenvalue weighted by molar-refractivity contribution is 6.28. The van der Waals surface area contributed by atoms with Gasteiger partial charge in [-0.15, -0.1) is 0 Å². The molecule has 9 aromatic rings. The van der Waals surface area contributed by atoms with E-state index >= 15 is 0 Å². The van der Waals surface area contributed by atoms with Crippen molar-refractivity contribution >= 4 is 55.3 Å². The van der Waals surface area contributed by atoms with Crippen LogP contribution >= 0.6 is 0 Å². The summed E-state index contributed by atoms with van der Waals surface area (Å²) >= 11 is 0. The van der Waals surface area contributed by atoms with Crippen LogP contribution in [0.5, 0.6) is 0 Å². The van der Waals surface area contributed by atoms with Gasteiger partial charge in [0.1, 0.15) is 11.7 Å². The second-order valence-electron chi connectivity index (χ2n) is 13.2. The lowest BCUT2D eigenvalue weighted by Gasteiger charge is -2.32. The first kappa shape index (κ1) is 29.2. The Kier molecular flexibility index (Phi) is 6.55. The summed E-state index contributed by atoms with van der Waals surface area (Å²) in [6.45, 7) is 2.12. The Morgan fingerprint density at radius 3 is 1.53 bits per heavy atom. The van der Waals surface area contributed by atoms with Gasteiger partial charge in [-0.3, -0.25) is 4.57 Å². The van der Waals surface area contributed by atoms with Crippen LogP contribution in [0.2, 0.25) is 0 Å². The number of hydrogen-bond acceptors (Lipinski definition) is 3. The minimum absolute atomic E-state index is 0.777. The summed E-state index contributed by atoms with van der Waals surface area (Å²) in [5, 5.41) is 8.44. The number of aromatic nitrogens is 2. The fraction of sp³-hybridized carbons (Fsp3) is 0.0435. The van der Waals surface area contributed by atoms with Crippen molar-refractivity contribution in [2.24, 2.45) is 9.98 Å². The minimum Gasteiger partial charge on any atom is -0.324 e. The lowest BCUT2D eigenvalue weighted by Crippen LogP contribution is -2.43. The maximum absolute atomic E-state index is 5.48. The van der Waals surface area contributed by atoms with E-state index in [4.69, 9.17) is 9.98 Å². The lowest BCUT2D eigenvalue weighted by molar-refractivity contribution is 0.371. The summed E-state index contributed by atoms with van der Waals surface area (Å²) in [7, 11) is 0. The summed E-state index contributed by atoms with van der Waals surface area (Å²) in [5.74, 6) is 0.554.